The zero-order valence-corrected chi connectivity index (χ0v) is 16.4. The van der Waals surface area contributed by atoms with Gasteiger partial charge in [0, 0.05) is 13.1 Å². The lowest BCUT2D eigenvalue weighted by Crippen LogP contribution is -2.17. The fourth-order valence-corrected chi connectivity index (χ4v) is 3.66. The summed E-state index contributed by atoms with van der Waals surface area (Å²) in [5, 5.41) is 3.19. The van der Waals surface area contributed by atoms with E-state index in [0.717, 1.165) is 32.2 Å². The monoisotopic (exact) mass is 372 g/mol. The molecular formula is C20H32N6O. The Bertz CT molecular complexity index is 825. The van der Waals surface area contributed by atoms with Crippen LogP contribution in [0.25, 0.3) is 11.2 Å². The molecule has 2 aromatic heterocycles. The number of allylic oxidation sites excluding steroid dienone is 2. The van der Waals surface area contributed by atoms with Crippen molar-refractivity contribution in [2.24, 2.45) is 0 Å². The number of nitrogens with two attached hydrogens (primary N) is 1. The number of unbranched alkanes of at least 4 members (excludes halogenated alkanes) is 2. The predicted molar refractivity (Wildman–Crippen MR) is 111 cm³/mol. The molecule has 0 spiro atoms. The smallest absolute Gasteiger partial charge is 0.327 e. The first-order chi connectivity index (χ1) is 13.2. The van der Waals surface area contributed by atoms with Crippen LogP contribution in [0.2, 0.25) is 0 Å². The number of hydrogen-bond acceptors (Lipinski definition) is 5. The maximum atomic E-state index is 12.4. The summed E-state index contributed by atoms with van der Waals surface area (Å²) in [7, 11) is 0. The maximum Gasteiger partial charge on any atom is 0.327 e. The van der Waals surface area contributed by atoms with E-state index in [1.54, 1.807) is 10.1 Å². The Balaban J connectivity index is 1.68. The van der Waals surface area contributed by atoms with Gasteiger partial charge in [0.15, 0.2) is 11.5 Å². The van der Waals surface area contributed by atoms with E-state index in [-0.39, 0.29) is 5.69 Å². The van der Waals surface area contributed by atoms with Gasteiger partial charge in [-0.2, -0.15) is 9.97 Å². The van der Waals surface area contributed by atoms with E-state index in [9.17, 15) is 4.79 Å². The minimum Gasteiger partial charge on any atom is -0.382 e. The summed E-state index contributed by atoms with van der Waals surface area (Å²) in [6, 6.07) is 0. The van der Waals surface area contributed by atoms with Crippen molar-refractivity contribution in [3.8, 4) is 0 Å². The highest BCUT2D eigenvalue weighted by Gasteiger charge is 2.13. The summed E-state index contributed by atoms with van der Waals surface area (Å²) < 4.78 is 1.68. The van der Waals surface area contributed by atoms with E-state index in [2.05, 4.69) is 33.3 Å². The molecule has 1 saturated carbocycles. The number of nitrogens with one attached hydrogen (secondary N) is 2. The van der Waals surface area contributed by atoms with Crippen LogP contribution in [-0.2, 0) is 6.54 Å². The average molecular weight is 373 g/mol. The Morgan fingerprint density at radius 3 is 2.70 bits per heavy atom. The van der Waals surface area contributed by atoms with Gasteiger partial charge in [-0.05, 0) is 44.9 Å². The summed E-state index contributed by atoms with van der Waals surface area (Å²) in [5.74, 6) is 0.803. The molecule has 0 unspecified atom stereocenters. The van der Waals surface area contributed by atoms with E-state index in [4.69, 9.17) is 5.73 Å². The quantitative estimate of drug-likeness (QED) is 0.370. The van der Waals surface area contributed by atoms with Gasteiger partial charge in [-0.15, -0.1) is 0 Å². The van der Waals surface area contributed by atoms with Crippen LogP contribution in [0.5, 0.6) is 0 Å². The number of hydrogen-bond donors (Lipinski definition) is 3. The molecule has 7 nitrogen and oxygen atoms in total. The highest BCUT2D eigenvalue weighted by molar-refractivity contribution is 5.82. The SMILES string of the molecule is CCCCNc1nc(N)c2[nH]c(=O)n(CCCC=C3CCCCCC3)c2n1. The van der Waals surface area contributed by atoms with Gasteiger partial charge in [0.05, 0.1) is 0 Å². The number of fused-ring (bicyclic) bond motifs is 1. The summed E-state index contributed by atoms with van der Waals surface area (Å²) in [6.45, 7) is 3.56. The van der Waals surface area contributed by atoms with Gasteiger partial charge in [-0.25, -0.2) is 4.79 Å². The van der Waals surface area contributed by atoms with Crippen LogP contribution in [0.1, 0.15) is 71.1 Å². The Kier molecular flexibility index (Phi) is 6.90. The Hall–Kier alpha value is -2.31. The average Bonchev–Trinajstić information content (AvgIpc) is 2.83. The van der Waals surface area contributed by atoms with Crippen molar-refractivity contribution in [1.29, 1.82) is 0 Å². The van der Waals surface area contributed by atoms with Gasteiger partial charge in [0.1, 0.15) is 5.52 Å². The van der Waals surface area contributed by atoms with Crippen molar-refractivity contribution < 1.29 is 0 Å². The maximum absolute atomic E-state index is 12.4. The number of aromatic nitrogens is 4. The molecule has 0 aliphatic heterocycles. The third-order valence-electron chi connectivity index (χ3n) is 5.23. The van der Waals surface area contributed by atoms with E-state index in [1.165, 1.54) is 38.5 Å². The molecule has 148 valence electrons. The molecule has 2 aromatic rings. The lowest BCUT2D eigenvalue weighted by molar-refractivity contribution is 0.639. The van der Waals surface area contributed by atoms with Gasteiger partial charge < -0.3 is 16.0 Å². The molecule has 27 heavy (non-hydrogen) atoms. The number of aromatic amines is 1. The predicted octanol–water partition coefficient (Wildman–Crippen LogP) is 3.97. The summed E-state index contributed by atoms with van der Waals surface area (Å²) >= 11 is 0. The summed E-state index contributed by atoms with van der Waals surface area (Å²) in [4.78, 5) is 23.9. The molecule has 0 radical (unpaired) electrons. The number of rotatable bonds is 8. The van der Waals surface area contributed by atoms with Gasteiger partial charge >= 0.3 is 5.69 Å². The van der Waals surface area contributed by atoms with Crippen LogP contribution < -0.4 is 16.7 Å². The molecule has 0 amide bonds. The van der Waals surface area contributed by atoms with Crippen molar-refractivity contribution in [3.05, 3.63) is 22.1 Å². The number of imidazole rings is 1. The largest absolute Gasteiger partial charge is 0.382 e. The minimum absolute atomic E-state index is 0.168. The zero-order chi connectivity index (χ0) is 19.1. The Morgan fingerprint density at radius 2 is 1.96 bits per heavy atom. The second-order valence-corrected chi connectivity index (χ2v) is 7.41. The zero-order valence-electron chi connectivity index (χ0n) is 16.4. The van der Waals surface area contributed by atoms with Crippen molar-refractivity contribution in [1.82, 2.24) is 19.5 Å². The summed E-state index contributed by atoms with van der Waals surface area (Å²) in [5.41, 5.74) is 8.57. The second kappa shape index (κ2) is 9.58. The molecular weight excluding hydrogens is 340 g/mol. The normalized spacial score (nSPS) is 15.1. The first kappa shape index (κ1) is 19.5. The highest BCUT2D eigenvalue weighted by atomic mass is 16.1. The molecule has 7 heteroatoms. The van der Waals surface area contributed by atoms with Crippen LogP contribution in [-0.4, -0.2) is 26.1 Å². The van der Waals surface area contributed by atoms with E-state index in [0.29, 0.717) is 29.5 Å². The molecule has 1 aliphatic rings. The molecule has 1 aliphatic carbocycles. The van der Waals surface area contributed by atoms with E-state index in [1.807, 2.05) is 0 Å². The number of aryl methyl sites for hydroxylation is 1. The van der Waals surface area contributed by atoms with Crippen LogP contribution in [0.15, 0.2) is 16.4 Å². The number of anilines is 2. The Labute approximate surface area is 160 Å². The fourth-order valence-electron chi connectivity index (χ4n) is 3.66. The van der Waals surface area contributed by atoms with Crippen molar-refractivity contribution in [2.45, 2.75) is 77.7 Å². The van der Waals surface area contributed by atoms with Crippen LogP contribution >= 0.6 is 0 Å². The van der Waals surface area contributed by atoms with Gasteiger partial charge in [-0.1, -0.05) is 37.8 Å². The molecule has 0 aromatic carbocycles. The van der Waals surface area contributed by atoms with Gasteiger partial charge in [0.2, 0.25) is 5.95 Å². The Morgan fingerprint density at radius 1 is 1.19 bits per heavy atom. The minimum atomic E-state index is -0.168. The highest BCUT2D eigenvalue weighted by Crippen LogP contribution is 2.23. The summed E-state index contributed by atoms with van der Waals surface area (Å²) in [6.07, 6.45) is 14.3. The third-order valence-corrected chi connectivity index (χ3v) is 5.23. The second-order valence-electron chi connectivity index (χ2n) is 7.41. The van der Waals surface area contributed by atoms with Crippen molar-refractivity contribution >= 4 is 22.9 Å². The lowest BCUT2D eigenvalue weighted by Gasteiger charge is -2.07. The molecule has 0 bridgehead atoms. The topological polar surface area (TPSA) is 102 Å². The van der Waals surface area contributed by atoms with Gasteiger partial charge in [0.25, 0.3) is 0 Å². The first-order valence-electron chi connectivity index (χ1n) is 10.4. The molecule has 1 fully saturated rings. The third kappa shape index (κ3) is 5.11. The molecule has 3 rings (SSSR count). The fraction of sp³-hybridized carbons (Fsp3) is 0.650. The lowest BCUT2D eigenvalue weighted by atomic mass is 10.1. The molecule has 2 heterocycles. The number of H-pyrrole nitrogens is 1. The number of nitrogens with zero attached hydrogens (tertiary/aromatic N) is 3. The number of nitrogen functional groups attached to an aromatic ring is 1. The standard InChI is InChI=1S/C20H32N6O/c1-2-3-13-22-19-24-17(21)16-18(25-19)26(20(27)23-16)14-9-8-12-15-10-6-4-5-7-11-15/h12H,2-11,13-14H2,1H3,(H,23,27)(H3,21,22,24,25). The van der Waals surface area contributed by atoms with Gasteiger partial charge in [-0.3, -0.25) is 4.57 Å². The van der Waals surface area contributed by atoms with Crippen LogP contribution in [0, 0.1) is 0 Å². The van der Waals surface area contributed by atoms with Crippen molar-refractivity contribution in [3.63, 3.8) is 0 Å². The van der Waals surface area contributed by atoms with E-state index >= 15 is 0 Å². The first-order valence-corrected chi connectivity index (χ1v) is 10.4. The van der Waals surface area contributed by atoms with Crippen LogP contribution in [0.4, 0.5) is 11.8 Å². The molecule has 0 atom stereocenters. The molecule has 4 N–H and O–H groups in total. The van der Waals surface area contributed by atoms with Crippen molar-refractivity contribution in [2.75, 3.05) is 17.6 Å². The van der Waals surface area contributed by atoms with Crippen LogP contribution in [0.3, 0.4) is 0 Å². The van der Waals surface area contributed by atoms with E-state index < -0.39 is 0 Å². The molecule has 0 saturated heterocycles.